The number of ether oxygens (including phenoxy) is 2. The van der Waals surface area contributed by atoms with Gasteiger partial charge in [0.05, 0.1) is 6.61 Å². The lowest BCUT2D eigenvalue weighted by molar-refractivity contribution is 0.0465. The van der Waals surface area contributed by atoms with E-state index in [1.165, 1.54) is 0 Å². The van der Waals surface area contributed by atoms with Crippen molar-refractivity contribution in [3.05, 3.63) is 30.1 Å². The number of aromatic nitrogens is 1. The highest BCUT2D eigenvalue weighted by Crippen LogP contribution is 2.20. The number of hydrogen-bond acceptors (Lipinski definition) is 3. The molecule has 0 aromatic carbocycles. The molecule has 1 aromatic heterocycles. The maximum Gasteiger partial charge on any atom is 0.147 e. The SMILES string of the molecule is c1cc([C@@H]2COCO2)ccn1. The Labute approximate surface area is 65.0 Å². The summed E-state index contributed by atoms with van der Waals surface area (Å²) >= 11 is 0. The van der Waals surface area contributed by atoms with E-state index in [4.69, 9.17) is 9.47 Å². The van der Waals surface area contributed by atoms with Crippen LogP contribution in [0.4, 0.5) is 0 Å². The van der Waals surface area contributed by atoms with E-state index in [0.717, 1.165) is 5.56 Å². The second kappa shape index (κ2) is 2.98. The average molecular weight is 151 g/mol. The monoisotopic (exact) mass is 151 g/mol. The van der Waals surface area contributed by atoms with Crippen LogP contribution in [0.1, 0.15) is 11.7 Å². The average Bonchev–Trinajstić information content (AvgIpc) is 2.58. The van der Waals surface area contributed by atoms with Gasteiger partial charge in [0.2, 0.25) is 0 Å². The topological polar surface area (TPSA) is 31.4 Å². The minimum atomic E-state index is 0.109. The van der Waals surface area contributed by atoms with Gasteiger partial charge in [-0.15, -0.1) is 0 Å². The van der Waals surface area contributed by atoms with E-state index in [9.17, 15) is 0 Å². The van der Waals surface area contributed by atoms with Crippen molar-refractivity contribution >= 4 is 0 Å². The first-order chi connectivity index (χ1) is 5.47. The van der Waals surface area contributed by atoms with E-state index < -0.39 is 0 Å². The van der Waals surface area contributed by atoms with Gasteiger partial charge in [-0.05, 0) is 17.7 Å². The molecule has 0 amide bonds. The second-order valence-electron chi connectivity index (χ2n) is 2.42. The zero-order valence-corrected chi connectivity index (χ0v) is 6.06. The molecule has 0 unspecified atom stereocenters. The fraction of sp³-hybridized carbons (Fsp3) is 0.375. The highest BCUT2D eigenvalue weighted by atomic mass is 16.7. The molecule has 1 aliphatic rings. The first-order valence-corrected chi connectivity index (χ1v) is 3.56. The maximum absolute atomic E-state index is 5.29. The Bertz CT molecular complexity index is 219. The summed E-state index contributed by atoms with van der Waals surface area (Å²) in [6.07, 6.45) is 3.63. The highest BCUT2D eigenvalue weighted by Gasteiger charge is 2.17. The predicted molar refractivity (Wildman–Crippen MR) is 38.9 cm³/mol. The van der Waals surface area contributed by atoms with E-state index in [1.54, 1.807) is 12.4 Å². The molecule has 1 aromatic rings. The zero-order valence-electron chi connectivity index (χ0n) is 6.06. The molecule has 0 radical (unpaired) electrons. The van der Waals surface area contributed by atoms with Gasteiger partial charge in [-0.1, -0.05) is 0 Å². The van der Waals surface area contributed by atoms with Gasteiger partial charge in [0.1, 0.15) is 12.9 Å². The van der Waals surface area contributed by atoms with E-state index in [-0.39, 0.29) is 6.10 Å². The van der Waals surface area contributed by atoms with Crippen molar-refractivity contribution in [3.8, 4) is 0 Å². The number of hydrogen-bond donors (Lipinski definition) is 0. The summed E-state index contributed by atoms with van der Waals surface area (Å²) in [6.45, 7) is 1.07. The van der Waals surface area contributed by atoms with Crippen LogP contribution in [-0.2, 0) is 9.47 Å². The van der Waals surface area contributed by atoms with Gasteiger partial charge in [-0.3, -0.25) is 4.98 Å². The molecule has 0 N–H and O–H groups in total. The molecule has 2 heterocycles. The van der Waals surface area contributed by atoms with Crippen molar-refractivity contribution in [2.45, 2.75) is 6.10 Å². The summed E-state index contributed by atoms with van der Waals surface area (Å²) in [5.74, 6) is 0. The van der Waals surface area contributed by atoms with Gasteiger partial charge >= 0.3 is 0 Å². The van der Waals surface area contributed by atoms with Gasteiger partial charge in [0.25, 0.3) is 0 Å². The Hall–Kier alpha value is -0.930. The molecule has 1 atom stereocenters. The first kappa shape index (κ1) is 6.76. The summed E-state index contributed by atoms with van der Waals surface area (Å²) in [5.41, 5.74) is 1.14. The third-order valence-corrected chi connectivity index (χ3v) is 1.70. The van der Waals surface area contributed by atoms with Crippen LogP contribution in [0, 0.1) is 0 Å². The lowest BCUT2D eigenvalue weighted by Gasteiger charge is -2.05. The van der Waals surface area contributed by atoms with Crippen LogP contribution in [0.3, 0.4) is 0 Å². The molecule has 3 heteroatoms. The summed E-state index contributed by atoms with van der Waals surface area (Å²) in [7, 11) is 0. The standard InChI is InChI=1S/C8H9NO2/c1-3-9-4-2-7(1)8-5-10-6-11-8/h1-4,8H,5-6H2/t8-/m0/s1. The van der Waals surface area contributed by atoms with Crippen molar-refractivity contribution in [3.63, 3.8) is 0 Å². The molecule has 11 heavy (non-hydrogen) atoms. The molecular weight excluding hydrogens is 142 g/mol. The molecule has 0 spiro atoms. The van der Waals surface area contributed by atoms with Crippen LogP contribution in [0.2, 0.25) is 0 Å². The fourth-order valence-corrected chi connectivity index (χ4v) is 1.10. The predicted octanol–water partition coefficient (Wildman–Crippen LogP) is 1.13. The molecule has 58 valence electrons. The lowest BCUT2D eigenvalue weighted by Crippen LogP contribution is -1.98. The second-order valence-corrected chi connectivity index (χ2v) is 2.42. The minimum absolute atomic E-state index is 0.109. The van der Waals surface area contributed by atoms with Crippen LogP contribution >= 0.6 is 0 Å². The zero-order chi connectivity index (χ0) is 7.52. The number of nitrogens with zero attached hydrogens (tertiary/aromatic N) is 1. The van der Waals surface area contributed by atoms with E-state index in [0.29, 0.717) is 13.4 Å². The van der Waals surface area contributed by atoms with Crippen LogP contribution in [0.25, 0.3) is 0 Å². The molecule has 0 saturated carbocycles. The van der Waals surface area contributed by atoms with Gasteiger partial charge in [-0.25, -0.2) is 0 Å². The van der Waals surface area contributed by atoms with Crippen molar-refractivity contribution in [2.75, 3.05) is 13.4 Å². The summed E-state index contributed by atoms with van der Waals surface area (Å²) in [5, 5.41) is 0. The Morgan fingerprint density at radius 3 is 2.82 bits per heavy atom. The van der Waals surface area contributed by atoms with Crippen LogP contribution in [-0.4, -0.2) is 18.4 Å². The van der Waals surface area contributed by atoms with Gasteiger partial charge < -0.3 is 9.47 Å². The van der Waals surface area contributed by atoms with Crippen molar-refractivity contribution in [1.29, 1.82) is 0 Å². The normalized spacial score (nSPS) is 23.8. The van der Waals surface area contributed by atoms with Crippen LogP contribution in [0.5, 0.6) is 0 Å². The molecule has 2 rings (SSSR count). The summed E-state index contributed by atoms with van der Waals surface area (Å²) in [6, 6.07) is 3.89. The van der Waals surface area contributed by atoms with Gasteiger partial charge in [-0.2, -0.15) is 0 Å². The van der Waals surface area contributed by atoms with Crippen LogP contribution < -0.4 is 0 Å². The van der Waals surface area contributed by atoms with E-state index in [2.05, 4.69) is 4.98 Å². The smallest absolute Gasteiger partial charge is 0.147 e. The Morgan fingerprint density at radius 1 is 1.36 bits per heavy atom. The fourth-order valence-electron chi connectivity index (χ4n) is 1.10. The number of pyridine rings is 1. The van der Waals surface area contributed by atoms with Gasteiger partial charge in [0.15, 0.2) is 0 Å². The number of rotatable bonds is 1. The minimum Gasteiger partial charge on any atom is -0.352 e. The van der Waals surface area contributed by atoms with Crippen LogP contribution in [0.15, 0.2) is 24.5 Å². The van der Waals surface area contributed by atoms with Crippen molar-refractivity contribution < 1.29 is 9.47 Å². The Morgan fingerprint density at radius 2 is 2.18 bits per heavy atom. The van der Waals surface area contributed by atoms with E-state index >= 15 is 0 Å². The molecular formula is C8H9NO2. The van der Waals surface area contributed by atoms with Gasteiger partial charge in [0, 0.05) is 12.4 Å². The van der Waals surface area contributed by atoms with Crippen molar-refractivity contribution in [2.24, 2.45) is 0 Å². The molecule has 1 saturated heterocycles. The Kier molecular flexibility index (Phi) is 1.83. The Balaban J connectivity index is 2.16. The molecule has 3 nitrogen and oxygen atoms in total. The first-order valence-electron chi connectivity index (χ1n) is 3.56. The molecule has 0 bridgehead atoms. The third-order valence-electron chi connectivity index (χ3n) is 1.70. The van der Waals surface area contributed by atoms with E-state index in [1.807, 2.05) is 12.1 Å². The maximum atomic E-state index is 5.29. The molecule has 1 fully saturated rings. The highest BCUT2D eigenvalue weighted by molar-refractivity contribution is 5.13. The summed E-state index contributed by atoms with van der Waals surface area (Å²) < 4.78 is 10.4. The lowest BCUT2D eigenvalue weighted by atomic mass is 10.2. The third kappa shape index (κ3) is 1.39. The largest absolute Gasteiger partial charge is 0.352 e. The molecule has 0 aliphatic carbocycles. The molecule has 1 aliphatic heterocycles. The quantitative estimate of drug-likeness (QED) is 0.602. The van der Waals surface area contributed by atoms with Crippen molar-refractivity contribution in [1.82, 2.24) is 4.98 Å². The summed E-state index contributed by atoms with van der Waals surface area (Å²) in [4.78, 5) is 3.92.